The second kappa shape index (κ2) is 3.64. The summed E-state index contributed by atoms with van der Waals surface area (Å²) in [6.07, 6.45) is -0.895. The topological polar surface area (TPSA) is 70.7 Å². The van der Waals surface area contributed by atoms with Crippen LogP contribution in [-0.2, 0) is 0 Å². The van der Waals surface area contributed by atoms with Gasteiger partial charge < -0.3 is 14.6 Å². The average Bonchev–Trinajstić information content (AvgIpc) is 2.15. The Kier molecular flexibility index (Phi) is 2.44. The van der Waals surface area contributed by atoms with Crippen LogP contribution in [0.1, 0.15) is 24.2 Å². The number of aliphatic hydroxyl groups is 1. The summed E-state index contributed by atoms with van der Waals surface area (Å²) in [5.74, 6) is -0.0729. The summed E-state index contributed by atoms with van der Waals surface area (Å²) in [6.45, 7) is 3.29. The number of aliphatic hydroxyl groups excluding tert-OH is 1. The third kappa shape index (κ3) is 1.57. The van der Waals surface area contributed by atoms with Crippen LogP contribution in [0.25, 0.3) is 11.0 Å². The standard InChI is InChI=1S/C12H12O4/c1-6-5-10(15)16-12-8(6)3-4-9(14)11(12)7(2)13/h3-5,7,13-14H,1-2H3/t7-/m0/s1. The molecule has 1 heterocycles. The molecule has 1 atom stereocenters. The maximum absolute atomic E-state index is 11.3. The van der Waals surface area contributed by atoms with Gasteiger partial charge in [-0.2, -0.15) is 0 Å². The molecule has 0 amide bonds. The van der Waals surface area contributed by atoms with Crippen molar-refractivity contribution in [1.82, 2.24) is 0 Å². The SMILES string of the molecule is Cc1cc(=O)oc2c([C@H](C)O)c(O)ccc12. The summed E-state index contributed by atoms with van der Waals surface area (Å²) >= 11 is 0. The van der Waals surface area contributed by atoms with Crippen molar-refractivity contribution in [3.63, 3.8) is 0 Å². The molecule has 1 aromatic heterocycles. The van der Waals surface area contributed by atoms with Crippen molar-refractivity contribution in [3.8, 4) is 5.75 Å². The average molecular weight is 220 g/mol. The lowest BCUT2D eigenvalue weighted by molar-refractivity contribution is 0.195. The van der Waals surface area contributed by atoms with Gasteiger partial charge in [-0.3, -0.25) is 0 Å². The van der Waals surface area contributed by atoms with Gasteiger partial charge in [0.2, 0.25) is 0 Å². The van der Waals surface area contributed by atoms with E-state index < -0.39 is 11.7 Å². The minimum atomic E-state index is -0.895. The maximum Gasteiger partial charge on any atom is 0.336 e. The number of phenolic OH excluding ortho intramolecular Hbond substituents is 1. The Labute approximate surface area is 91.8 Å². The Morgan fingerprint density at radius 1 is 1.38 bits per heavy atom. The van der Waals surface area contributed by atoms with Gasteiger partial charge in [0.25, 0.3) is 0 Å². The molecular weight excluding hydrogens is 208 g/mol. The summed E-state index contributed by atoms with van der Waals surface area (Å²) in [4.78, 5) is 11.3. The molecule has 4 heteroatoms. The molecule has 0 bridgehead atoms. The fraction of sp³-hybridized carbons (Fsp3) is 0.250. The summed E-state index contributed by atoms with van der Waals surface area (Å²) in [6, 6.07) is 4.53. The Morgan fingerprint density at radius 3 is 2.69 bits per heavy atom. The highest BCUT2D eigenvalue weighted by Crippen LogP contribution is 2.32. The minimum Gasteiger partial charge on any atom is -0.507 e. The van der Waals surface area contributed by atoms with Gasteiger partial charge in [0.15, 0.2) is 0 Å². The van der Waals surface area contributed by atoms with Crippen molar-refractivity contribution in [2.75, 3.05) is 0 Å². The lowest BCUT2D eigenvalue weighted by Gasteiger charge is -2.10. The fourth-order valence-electron chi connectivity index (χ4n) is 1.80. The van der Waals surface area contributed by atoms with Crippen molar-refractivity contribution in [3.05, 3.63) is 39.7 Å². The van der Waals surface area contributed by atoms with Crippen molar-refractivity contribution in [2.24, 2.45) is 0 Å². The van der Waals surface area contributed by atoms with Crippen LogP contribution in [0.15, 0.2) is 27.4 Å². The fourth-order valence-corrected chi connectivity index (χ4v) is 1.80. The number of aryl methyl sites for hydroxylation is 1. The van der Waals surface area contributed by atoms with Crippen LogP contribution < -0.4 is 5.63 Å². The van der Waals surface area contributed by atoms with Crippen LogP contribution in [-0.4, -0.2) is 10.2 Å². The third-order valence-corrected chi connectivity index (χ3v) is 2.55. The second-order valence-electron chi connectivity index (χ2n) is 3.80. The Balaban J connectivity index is 2.97. The molecule has 0 aliphatic heterocycles. The summed E-state index contributed by atoms with van der Waals surface area (Å²) < 4.78 is 5.04. The number of hydrogen-bond acceptors (Lipinski definition) is 4. The molecule has 4 nitrogen and oxygen atoms in total. The quantitative estimate of drug-likeness (QED) is 0.719. The van der Waals surface area contributed by atoms with Crippen molar-refractivity contribution in [1.29, 1.82) is 0 Å². The van der Waals surface area contributed by atoms with E-state index in [1.165, 1.54) is 19.1 Å². The van der Waals surface area contributed by atoms with E-state index in [0.717, 1.165) is 5.56 Å². The zero-order valence-electron chi connectivity index (χ0n) is 9.02. The Bertz CT molecular complexity index is 596. The molecule has 0 fully saturated rings. The third-order valence-electron chi connectivity index (χ3n) is 2.55. The first-order valence-electron chi connectivity index (χ1n) is 4.95. The van der Waals surface area contributed by atoms with Gasteiger partial charge in [0, 0.05) is 11.5 Å². The van der Waals surface area contributed by atoms with E-state index in [9.17, 15) is 15.0 Å². The molecule has 0 aliphatic carbocycles. The van der Waals surface area contributed by atoms with Gasteiger partial charge in [0.1, 0.15) is 11.3 Å². The van der Waals surface area contributed by atoms with E-state index in [0.29, 0.717) is 5.39 Å². The molecule has 0 spiro atoms. The highest BCUT2D eigenvalue weighted by molar-refractivity contribution is 5.85. The van der Waals surface area contributed by atoms with Crippen LogP contribution in [0.3, 0.4) is 0 Å². The molecule has 1 aromatic carbocycles. The van der Waals surface area contributed by atoms with E-state index in [-0.39, 0.29) is 16.9 Å². The van der Waals surface area contributed by atoms with E-state index in [1.54, 1.807) is 13.0 Å². The van der Waals surface area contributed by atoms with Gasteiger partial charge >= 0.3 is 5.63 Å². The largest absolute Gasteiger partial charge is 0.507 e. The Hall–Kier alpha value is -1.81. The molecule has 84 valence electrons. The first-order valence-corrected chi connectivity index (χ1v) is 4.95. The minimum absolute atomic E-state index is 0.0729. The second-order valence-corrected chi connectivity index (χ2v) is 3.80. The number of hydrogen-bond donors (Lipinski definition) is 2. The molecule has 2 rings (SSSR count). The van der Waals surface area contributed by atoms with Crippen molar-refractivity contribution in [2.45, 2.75) is 20.0 Å². The van der Waals surface area contributed by atoms with Crippen LogP contribution in [0.2, 0.25) is 0 Å². The van der Waals surface area contributed by atoms with Crippen molar-refractivity contribution >= 4 is 11.0 Å². The number of fused-ring (bicyclic) bond motifs is 1. The van der Waals surface area contributed by atoms with Gasteiger partial charge in [0.05, 0.1) is 11.7 Å². The van der Waals surface area contributed by atoms with E-state index >= 15 is 0 Å². The highest BCUT2D eigenvalue weighted by atomic mass is 16.4. The van der Waals surface area contributed by atoms with Gasteiger partial charge in [-0.05, 0) is 31.5 Å². The summed E-state index contributed by atoms with van der Waals surface area (Å²) in [7, 11) is 0. The lowest BCUT2D eigenvalue weighted by Crippen LogP contribution is -2.01. The highest BCUT2D eigenvalue weighted by Gasteiger charge is 2.15. The molecular formula is C12H12O4. The van der Waals surface area contributed by atoms with E-state index in [4.69, 9.17) is 4.42 Å². The van der Waals surface area contributed by atoms with Crippen LogP contribution in [0.4, 0.5) is 0 Å². The molecule has 0 saturated heterocycles. The summed E-state index contributed by atoms with van der Waals surface area (Å²) in [5.41, 5.74) is 0.768. The molecule has 0 aliphatic rings. The molecule has 16 heavy (non-hydrogen) atoms. The molecule has 2 N–H and O–H groups in total. The first-order chi connectivity index (χ1) is 7.50. The maximum atomic E-state index is 11.3. The van der Waals surface area contributed by atoms with Crippen molar-refractivity contribution < 1.29 is 14.6 Å². The van der Waals surface area contributed by atoms with Gasteiger partial charge in [-0.15, -0.1) is 0 Å². The first kappa shape index (κ1) is 10.7. The number of aromatic hydroxyl groups is 1. The molecule has 0 saturated carbocycles. The zero-order valence-corrected chi connectivity index (χ0v) is 9.02. The predicted octanol–water partition coefficient (Wildman–Crippen LogP) is 1.86. The smallest absolute Gasteiger partial charge is 0.336 e. The molecule has 0 unspecified atom stereocenters. The predicted molar refractivity (Wildman–Crippen MR) is 59.5 cm³/mol. The summed E-state index contributed by atoms with van der Waals surface area (Å²) in [5, 5.41) is 19.9. The number of phenols is 1. The van der Waals surface area contributed by atoms with E-state index in [2.05, 4.69) is 0 Å². The number of benzene rings is 1. The zero-order chi connectivity index (χ0) is 11.9. The Morgan fingerprint density at radius 2 is 2.06 bits per heavy atom. The van der Waals surface area contributed by atoms with Crippen LogP contribution >= 0.6 is 0 Å². The molecule has 0 radical (unpaired) electrons. The number of rotatable bonds is 1. The van der Waals surface area contributed by atoms with Crippen LogP contribution in [0, 0.1) is 6.92 Å². The van der Waals surface area contributed by atoms with Crippen LogP contribution in [0.5, 0.6) is 5.75 Å². The molecule has 2 aromatic rings. The van der Waals surface area contributed by atoms with Gasteiger partial charge in [-0.25, -0.2) is 4.79 Å². The normalized spacial score (nSPS) is 12.9. The monoisotopic (exact) mass is 220 g/mol. The van der Waals surface area contributed by atoms with E-state index in [1.807, 2.05) is 0 Å². The van der Waals surface area contributed by atoms with Gasteiger partial charge in [-0.1, -0.05) is 0 Å². The lowest BCUT2D eigenvalue weighted by atomic mass is 10.0.